The van der Waals surface area contributed by atoms with Crippen LogP contribution in [0.2, 0.25) is 5.02 Å². The number of anilines is 1. The Labute approximate surface area is 165 Å². The van der Waals surface area contributed by atoms with Crippen molar-refractivity contribution >= 4 is 45.4 Å². The summed E-state index contributed by atoms with van der Waals surface area (Å²) in [6, 6.07) is 5.74. The minimum atomic E-state index is -0.604. The Kier molecular flexibility index (Phi) is 4.87. The van der Waals surface area contributed by atoms with Crippen molar-refractivity contribution in [1.82, 2.24) is 20.1 Å². The molecule has 8 nitrogen and oxygen atoms in total. The van der Waals surface area contributed by atoms with Crippen molar-refractivity contribution < 1.29 is 14.1 Å². The molecular weight excluding hydrogens is 382 g/mol. The Morgan fingerprint density at radius 2 is 2.21 bits per heavy atom. The van der Waals surface area contributed by atoms with Gasteiger partial charge in [-0.1, -0.05) is 16.8 Å². The van der Waals surface area contributed by atoms with E-state index in [1.165, 1.54) is 0 Å². The zero-order valence-electron chi connectivity index (χ0n) is 15.4. The number of rotatable bonds is 6. The molecule has 3 aromatic heterocycles. The standard InChI is InChI=1S/C19H18ClN5O3/c1-3-27-19(26)17-23-16(15-10(2)25-28-18(15)24-17)21-7-6-11-9-22-14-5-4-12(20)8-13(11)14/h4-5,8-9,22H,3,6-7H2,1-2H3,(H,21,23,24). The lowest BCUT2D eigenvalue weighted by atomic mass is 10.1. The topological polar surface area (TPSA) is 106 Å². The molecule has 1 aromatic carbocycles. The molecule has 3 heterocycles. The summed E-state index contributed by atoms with van der Waals surface area (Å²) in [7, 11) is 0. The van der Waals surface area contributed by atoms with Gasteiger partial charge in [-0.2, -0.15) is 4.98 Å². The maximum Gasteiger partial charge on any atom is 0.376 e. The van der Waals surface area contributed by atoms with E-state index in [0.29, 0.717) is 28.5 Å². The molecule has 0 spiro atoms. The van der Waals surface area contributed by atoms with Gasteiger partial charge in [-0.15, -0.1) is 0 Å². The summed E-state index contributed by atoms with van der Waals surface area (Å²) < 4.78 is 10.2. The highest BCUT2D eigenvalue weighted by atomic mass is 35.5. The number of halogens is 1. The van der Waals surface area contributed by atoms with Crippen LogP contribution in [0.25, 0.3) is 22.0 Å². The number of carbonyl (C=O) groups excluding carboxylic acids is 1. The van der Waals surface area contributed by atoms with Gasteiger partial charge in [0.05, 0.1) is 12.3 Å². The molecule has 4 aromatic rings. The van der Waals surface area contributed by atoms with E-state index in [4.69, 9.17) is 20.9 Å². The fraction of sp³-hybridized carbons (Fsp3) is 0.263. The molecule has 0 amide bonds. The molecule has 0 bridgehead atoms. The Morgan fingerprint density at radius 3 is 3.04 bits per heavy atom. The van der Waals surface area contributed by atoms with Gasteiger partial charge in [0.25, 0.3) is 5.71 Å². The van der Waals surface area contributed by atoms with E-state index < -0.39 is 5.97 Å². The second-order valence-corrected chi connectivity index (χ2v) is 6.68. The Hall–Kier alpha value is -3.13. The van der Waals surface area contributed by atoms with Gasteiger partial charge in [0.2, 0.25) is 5.82 Å². The number of H-pyrrole nitrogens is 1. The number of nitrogens with one attached hydrogen (secondary N) is 2. The monoisotopic (exact) mass is 399 g/mol. The highest BCUT2D eigenvalue weighted by Crippen LogP contribution is 2.25. The third-order valence-corrected chi connectivity index (χ3v) is 4.62. The first kappa shape index (κ1) is 18.2. The summed E-state index contributed by atoms with van der Waals surface area (Å²) in [5, 5.41) is 9.61. The van der Waals surface area contributed by atoms with Crippen molar-refractivity contribution in [3.8, 4) is 0 Å². The minimum Gasteiger partial charge on any atom is -0.460 e. The normalized spacial score (nSPS) is 11.2. The number of hydrogen-bond donors (Lipinski definition) is 2. The molecule has 0 radical (unpaired) electrons. The van der Waals surface area contributed by atoms with E-state index in [1.54, 1.807) is 13.8 Å². The fourth-order valence-corrected chi connectivity index (χ4v) is 3.25. The summed E-state index contributed by atoms with van der Waals surface area (Å²) >= 11 is 6.11. The van der Waals surface area contributed by atoms with E-state index in [9.17, 15) is 4.79 Å². The number of esters is 1. The minimum absolute atomic E-state index is 0.0631. The van der Waals surface area contributed by atoms with Crippen LogP contribution in [0.4, 0.5) is 5.82 Å². The van der Waals surface area contributed by atoms with Crippen LogP contribution < -0.4 is 5.32 Å². The quantitative estimate of drug-likeness (QED) is 0.473. The molecule has 0 aliphatic carbocycles. The molecule has 0 saturated heterocycles. The van der Waals surface area contributed by atoms with Crippen LogP contribution in [0, 0.1) is 6.92 Å². The SMILES string of the molecule is CCOC(=O)c1nc(NCCc2c[nH]c3ccc(Cl)cc23)c2c(C)noc2n1. The third kappa shape index (κ3) is 3.38. The lowest BCUT2D eigenvalue weighted by Crippen LogP contribution is -2.13. The van der Waals surface area contributed by atoms with Crippen molar-refractivity contribution in [1.29, 1.82) is 0 Å². The smallest absolute Gasteiger partial charge is 0.376 e. The predicted molar refractivity (Wildman–Crippen MR) is 106 cm³/mol. The third-order valence-electron chi connectivity index (χ3n) is 4.38. The summed E-state index contributed by atoms with van der Waals surface area (Å²) in [4.78, 5) is 23.7. The number of fused-ring (bicyclic) bond motifs is 2. The van der Waals surface area contributed by atoms with Crippen LogP contribution in [0.3, 0.4) is 0 Å². The van der Waals surface area contributed by atoms with E-state index >= 15 is 0 Å². The molecule has 2 N–H and O–H groups in total. The molecule has 9 heteroatoms. The van der Waals surface area contributed by atoms with Crippen LogP contribution in [0.15, 0.2) is 28.9 Å². The zero-order chi connectivity index (χ0) is 19.7. The Balaban J connectivity index is 1.59. The number of aromatic amines is 1. The number of aromatic nitrogens is 4. The Morgan fingerprint density at radius 1 is 1.36 bits per heavy atom. The molecular formula is C19H18ClN5O3. The van der Waals surface area contributed by atoms with Gasteiger partial charge in [0.15, 0.2) is 0 Å². The fourth-order valence-electron chi connectivity index (χ4n) is 3.08. The average Bonchev–Trinajstić information content (AvgIpc) is 3.25. The van der Waals surface area contributed by atoms with Crippen LogP contribution in [-0.4, -0.2) is 39.2 Å². The lowest BCUT2D eigenvalue weighted by Gasteiger charge is -2.08. The van der Waals surface area contributed by atoms with E-state index in [1.807, 2.05) is 24.4 Å². The van der Waals surface area contributed by atoms with E-state index in [0.717, 1.165) is 22.9 Å². The van der Waals surface area contributed by atoms with Crippen molar-refractivity contribution in [2.24, 2.45) is 0 Å². The molecule has 0 aliphatic heterocycles. The van der Waals surface area contributed by atoms with Crippen molar-refractivity contribution in [2.75, 3.05) is 18.5 Å². The number of carbonyl (C=O) groups is 1. The first-order chi connectivity index (χ1) is 13.6. The molecule has 0 aliphatic rings. The van der Waals surface area contributed by atoms with Crippen molar-refractivity contribution in [2.45, 2.75) is 20.3 Å². The Bertz CT molecular complexity index is 1170. The van der Waals surface area contributed by atoms with E-state index in [2.05, 4.69) is 25.4 Å². The summed E-state index contributed by atoms with van der Waals surface area (Å²) in [6.45, 7) is 4.34. The summed E-state index contributed by atoms with van der Waals surface area (Å²) in [6.07, 6.45) is 2.69. The molecule has 0 atom stereocenters. The van der Waals surface area contributed by atoms with Crippen LogP contribution in [0.1, 0.15) is 28.8 Å². The van der Waals surface area contributed by atoms with Crippen LogP contribution in [0.5, 0.6) is 0 Å². The second kappa shape index (κ2) is 7.47. The zero-order valence-corrected chi connectivity index (χ0v) is 16.1. The molecule has 0 saturated carbocycles. The van der Waals surface area contributed by atoms with Gasteiger partial charge >= 0.3 is 5.97 Å². The van der Waals surface area contributed by atoms with Crippen molar-refractivity contribution in [3.63, 3.8) is 0 Å². The summed E-state index contributed by atoms with van der Waals surface area (Å²) in [5.41, 5.74) is 3.05. The van der Waals surface area contributed by atoms with Gasteiger partial charge in [-0.3, -0.25) is 0 Å². The molecule has 144 valence electrons. The van der Waals surface area contributed by atoms with Gasteiger partial charge in [-0.05, 0) is 44.0 Å². The van der Waals surface area contributed by atoms with Crippen LogP contribution >= 0.6 is 11.6 Å². The number of hydrogen-bond acceptors (Lipinski definition) is 7. The van der Waals surface area contributed by atoms with Gasteiger partial charge in [-0.25, -0.2) is 9.78 Å². The maximum atomic E-state index is 12.0. The second-order valence-electron chi connectivity index (χ2n) is 6.25. The molecule has 0 unspecified atom stereocenters. The number of benzene rings is 1. The van der Waals surface area contributed by atoms with Crippen molar-refractivity contribution in [3.05, 3.63) is 46.5 Å². The highest BCUT2D eigenvalue weighted by molar-refractivity contribution is 6.31. The number of nitrogens with zero attached hydrogens (tertiary/aromatic N) is 3. The number of aryl methyl sites for hydroxylation is 1. The largest absolute Gasteiger partial charge is 0.460 e. The average molecular weight is 400 g/mol. The van der Waals surface area contributed by atoms with E-state index in [-0.39, 0.29) is 18.1 Å². The first-order valence-corrected chi connectivity index (χ1v) is 9.25. The highest BCUT2D eigenvalue weighted by Gasteiger charge is 2.19. The first-order valence-electron chi connectivity index (χ1n) is 8.87. The summed E-state index contributed by atoms with van der Waals surface area (Å²) in [5.74, 6) is -0.177. The molecule has 4 rings (SSSR count). The van der Waals surface area contributed by atoms with Gasteiger partial charge in [0.1, 0.15) is 11.2 Å². The molecule has 0 fully saturated rings. The van der Waals surface area contributed by atoms with Crippen LogP contribution in [-0.2, 0) is 11.2 Å². The number of ether oxygens (including phenoxy) is 1. The maximum absolute atomic E-state index is 12.0. The lowest BCUT2D eigenvalue weighted by molar-refractivity contribution is 0.0512. The van der Waals surface area contributed by atoms with Gasteiger partial charge < -0.3 is 19.6 Å². The predicted octanol–water partition coefficient (Wildman–Crippen LogP) is 3.89. The molecule has 28 heavy (non-hydrogen) atoms. The van der Waals surface area contributed by atoms with Gasteiger partial charge in [0, 0.05) is 28.7 Å².